The van der Waals surface area contributed by atoms with Gasteiger partial charge in [0.25, 0.3) is 0 Å². The Balaban J connectivity index is 1.69. The van der Waals surface area contributed by atoms with Crippen LogP contribution in [-0.2, 0) is 0 Å². The average Bonchev–Trinajstić information content (AvgIpc) is 2.95. The van der Waals surface area contributed by atoms with Crippen LogP contribution in [0.25, 0.3) is 0 Å². The second-order valence-electron chi connectivity index (χ2n) is 4.35. The molecule has 0 atom stereocenters. The van der Waals surface area contributed by atoms with Gasteiger partial charge in [0.05, 0.1) is 0 Å². The molecule has 2 saturated carbocycles. The summed E-state index contributed by atoms with van der Waals surface area (Å²) in [5.74, 6) is 1.02. The van der Waals surface area contributed by atoms with Crippen LogP contribution in [0.1, 0.15) is 32.6 Å². The summed E-state index contributed by atoms with van der Waals surface area (Å²) in [5.41, 5.74) is 0.652. The SMILES string of the molecule is CCNC(=S)NCC1(C2CC2)CC1. The van der Waals surface area contributed by atoms with Gasteiger partial charge in [0.1, 0.15) is 0 Å². The molecule has 2 rings (SSSR count). The Morgan fingerprint density at radius 2 is 2.08 bits per heavy atom. The van der Waals surface area contributed by atoms with Crippen molar-refractivity contribution in [2.24, 2.45) is 11.3 Å². The Morgan fingerprint density at radius 3 is 2.54 bits per heavy atom. The van der Waals surface area contributed by atoms with Crippen molar-refractivity contribution in [1.82, 2.24) is 10.6 Å². The van der Waals surface area contributed by atoms with Crippen molar-refractivity contribution in [2.45, 2.75) is 32.6 Å². The minimum atomic E-state index is 0.652. The Kier molecular flexibility index (Phi) is 2.45. The largest absolute Gasteiger partial charge is 0.363 e. The minimum absolute atomic E-state index is 0.652. The Bertz CT molecular complexity index is 207. The summed E-state index contributed by atoms with van der Waals surface area (Å²) in [4.78, 5) is 0. The summed E-state index contributed by atoms with van der Waals surface area (Å²) in [6, 6.07) is 0. The van der Waals surface area contributed by atoms with E-state index in [1.54, 1.807) is 0 Å². The van der Waals surface area contributed by atoms with Crippen LogP contribution >= 0.6 is 12.2 Å². The van der Waals surface area contributed by atoms with Gasteiger partial charge in [0.2, 0.25) is 0 Å². The van der Waals surface area contributed by atoms with Gasteiger partial charge >= 0.3 is 0 Å². The van der Waals surface area contributed by atoms with Crippen LogP contribution < -0.4 is 10.6 Å². The third-order valence-electron chi connectivity index (χ3n) is 3.27. The molecule has 2 nitrogen and oxygen atoms in total. The first-order valence-electron chi connectivity index (χ1n) is 5.28. The lowest BCUT2D eigenvalue weighted by atomic mass is 10.0. The van der Waals surface area contributed by atoms with Crippen LogP contribution in [0, 0.1) is 11.3 Å². The number of hydrogen-bond acceptors (Lipinski definition) is 1. The molecule has 0 radical (unpaired) electrons. The second kappa shape index (κ2) is 3.45. The molecule has 3 heteroatoms. The van der Waals surface area contributed by atoms with Crippen molar-refractivity contribution in [1.29, 1.82) is 0 Å². The molecule has 0 bridgehead atoms. The molecule has 0 aromatic rings. The van der Waals surface area contributed by atoms with E-state index in [0.29, 0.717) is 5.41 Å². The van der Waals surface area contributed by atoms with Crippen LogP contribution in [0.3, 0.4) is 0 Å². The van der Waals surface area contributed by atoms with E-state index < -0.39 is 0 Å². The zero-order valence-electron chi connectivity index (χ0n) is 8.23. The summed E-state index contributed by atoms with van der Waals surface area (Å²) in [5, 5.41) is 7.28. The van der Waals surface area contributed by atoms with Crippen molar-refractivity contribution in [2.75, 3.05) is 13.1 Å². The number of thiocarbonyl (C=S) groups is 1. The fourth-order valence-corrected chi connectivity index (χ4v) is 2.28. The lowest BCUT2D eigenvalue weighted by molar-refractivity contribution is 0.433. The van der Waals surface area contributed by atoms with Crippen molar-refractivity contribution >= 4 is 17.3 Å². The average molecular weight is 198 g/mol. The molecular formula is C10H18N2S. The highest BCUT2D eigenvalue weighted by atomic mass is 32.1. The van der Waals surface area contributed by atoms with Crippen LogP contribution in [0.5, 0.6) is 0 Å². The van der Waals surface area contributed by atoms with Gasteiger partial charge in [0, 0.05) is 13.1 Å². The normalized spacial score (nSPS) is 23.8. The van der Waals surface area contributed by atoms with Gasteiger partial charge in [-0.3, -0.25) is 0 Å². The number of hydrogen-bond donors (Lipinski definition) is 2. The van der Waals surface area contributed by atoms with E-state index in [1.807, 2.05) is 0 Å². The first-order valence-corrected chi connectivity index (χ1v) is 5.69. The fraction of sp³-hybridized carbons (Fsp3) is 0.900. The second-order valence-corrected chi connectivity index (χ2v) is 4.76. The molecule has 2 fully saturated rings. The monoisotopic (exact) mass is 198 g/mol. The van der Waals surface area contributed by atoms with Crippen molar-refractivity contribution in [3.63, 3.8) is 0 Å². The van der Waals surface area contributed by atoms with Gasteiger partial charge in [0.15, 0.2) is 5.11 Å². The molecular weight excluding hydrogens is 180 g/mol. The predicted octanol–water partition coefficient (Wildman–Crippen LogP) is 1.66. The summed E-state index contributed by atoms with van der Waals surface area (Å²) < 4.78 is 0. The Labute approximate surface area is 85.5 Å². The highest BCUT2D eigenvalue weighted by Gasteiger charge is 2.53. The molecule has 2 aliphatic carbocycles. The van der Waals surface area contributed by atoms with Crippen molar-refractivity contribution in [3.8, 4) is 0 Å². The summed E-state index contributed by atoms with van der Waals surface area (Å²) in [6.45, 7) is 4.09. The maximum atomic E-state index is 5.13. The molecule has 0 spiro atoms. The minimum Gasteiger partial charge on any atom is -0.363 e. The standard InChI is InChI=1S/C10H18N2S/c1-2-11-9(13)12-7-10(5-6-10)8-3-4-8/h8H,2-7H2,1H3,(H2,11,12,13). The fourth-order valence-electron chi connectivity index (χ4n) is 2.06. The van der Waals surface area contributed by atoms with Gasteiger partial charge < -0.3 is 10.6 Å². The highest BCUT2D eigenvalue weighted by molar-refractivity contribution is 7.80. The molecule has 0 aromatic carbocycles. The van der Waals surface area contributed by atoms with Crippen LogP contribution in [0.2, 0.25) is 0 Å². The smallest absolute Gasteiger partial charge is 0.166 e. The molecule has 0 amide bonds. The van der Waals surface area contributed by atoms with Gasteiger partial charge in [-0.2, -0.15) is 0 Å². The van der Waals surface area contributed by atoms with E-state index in [9.17, 15) is 0 Å². The molecule has 0 saturated heterocycles. The Hall–Kier alpha value is -0.310. The molecule has 0 aliphatic heterocycles. The highest BCUT2D eigenvalue weighted by Crippen LogP contribution is 2.60. The van der Waals surface area contributed by atoms with Crippen LogP contribution in [0.4, 0.5) is 0 Å². The summed E-state index contributed by atoms with van der Waals surface area (Å²) in [7, 11) is 0. The molecule has 2 N–H and O–H groups in total. The van der Waals surface area contributed by atoms with E-state index >= 15 is 0 Å². The van der Waals surface area contributed by atoms with Crippen molar-refractivity contribution < 1.29 is 0 Å². The van der Waals surface area contributed by atoms with Crippen LogP contribution in [0.15, 0.2) is 0 Å². The zero-order chi connectivity index (χ0) is 9.31. The molecule has 74 valence electrons. The first-order chi connectivity index (χ1) is 6.27. The molecule has 0 unspecified atom stereocenters. The summed E-state index contributed by atoms with van der Waals surface area (Å²) in [6.07, 6.45) is 5.74. The van der Waals surface area contributed by atoms with E-state index in [4.69, 9.17) is 12.2 Å². The topological polar surface area (TPSA) is 24.1 Å². The van der Waals surface area contributed by atoms with Gasteiger partial charge in [-0.05, 0) is 56.2 Å². The van der Waals surface area contributed by atoms with Gasteiger partial charge in [-0.25, -0.2) is 0 Å². The maximum Gasteiger partial charge on any atom is 0.166 e. The van der Waals surface area contributed by atoms with E-state index in [0.717, 1.165) is 24.1 Å². The molecule has 2 aliphatic rings. The van der Waals surface area contributed by atoms with Crippen molar-refractivity contribution in [3.05, 3.63) is 0 Å². The maximum absolute atomic E-state index is 5.13. The molecule has 0 aromatic heterocycles. The lowest BCUT2D eigenvalue weighted by Gasteiger charge is -2.16. The molecule has 13 heavy (non-hydrogen) atoms. The predicted molar refractivity (Wildman–Crippen MR) is 58.7 cm³/mol. The quantitative estimate of drug-likeness (QED) is 0.672. The first kappa shape index (κ1) is 9.25. The van der Waals surface area contributed by atoms with E-state index in [1.165, 1.54) is 25.7 Å². The zero-order valence-corrected chi connectivity index (χ0v) is 9.04. The number of nitrogens with one attached hydrogen (secondary N) is 2. The van der Waals surface area contributed by atoms with Crippen LogP contribution in [-0.4, -0.2) is 18.2 Å². The molecule has 0 heterocycles. The third-order valence-corrected chi connectivity index (χ3v) is 3.56. The number of rotatable bonds is 4. The Morgan fingerprint density at radius 1 is 1.38 bits per heavy atom. The lowest BCUT2D eigenvalue weighted by Crippen LogP contribution is -2.38. The van der Waals surface area contributed by atoms with Gasteiger partial charge in [-0.15, -0.1) is 0 Å². The summed E-state index contributed by atoms with van der Waals surface area (Å²) >= 11 is 5.13. The van der Waals surface area contributed by atoms with E-state index in [2.05, 4.69) is 17.6 Å². The third kappa shape index (κ3) is 2.13. The van der Waals surface area contributed by atoms with Gasteiger partial charge in [-0.1, -0.05) is 0 Å². The van der Waals surface area contributed by atoms with E-state index in [-0.39, 0.29) is 0 Å².